The van der Waals surface area contributed by atoms with Crippen LogP contribution in [0.3, 0.4) is 0 Å². The number of hydrazone groups is 1. The van der Waals surface area contributed by atoms with E-state index in [9.17, 15) is 0 Å². The second-order valence-corrected chi connectivity index (χ2v) is 6.21. The van der Waals surface area contributed by atoms with Gasteiger partial charge in [0.15, 0.2) is 5.82 Å². The number of hydrogen-bond donors (Lipinski definition) is 1. The molecule has 0 unspecified atom stereocenters. The van der Waals surface area contributed by atoms with Crippen molar-refractivity contribution < 1.29 is 4.74 Å². The monoisotopic (exact) mass is 360 g/mol. The third-order valence-electron chi connectivity index (χ3n) is 3.60. The van der Waals surface area contributed by atoms with Crippen LogP contribution >= 0.6 is 11.6 Å². The minimum absolute atomic E-state index is 0.390. The third kappa shape index (κ3) is 7.52. The lowest BCUT2D eigenvalue weighted by Gasteiger charge is -2.06. The molecule has 0 atom stereocenters. The zero-order chi connectivity index (χ0) is 17.9. The molecule has 0 spiro atoms. The molecule has 2 aromatic rings. The molecule has 0 aliphatic rings. The van der Waals surface area contributed by atoms with E-state index in [1.165, 1.54) is 25.7 Å². The van der Waals surface area contributed by atoms with Crippen LogP contribution in [-0.4, -0.2) is 22.8 Å². The van der Waals surface area contributed by atoms with Gasteiger partial charge in [-0.1, -0.05) is 44.2 Å². The largest absolute Gasteiger partial charge is 0.494 e. The number of aromatic nitrogens is 2. The summed E-state index contributed by atoms with van der Waals surface area (Å²) in [6.45, 7) is 4.77. The van der Waals surface area contributed by atoms with E-state index in [1.54, 1.807) is 19.2 Å². The van der Waals surface area contributed by atoms with Crippen molar-refractivity contribution in [2.75, 3.05) is 12.0 Å². The van der Waals surface area contributed by atoms with Crippen molar-refractivity contribution in [2.45, 2.75) is 46.0 Å². The number of hydrogen-bond acceptors (Lipinski definition) is 5. The van der Waals surface area contributed by atoms with Gasteiger partial charge in [0.05, 0.1) is 12.8 Å². The van der Waals surface area contributed by atoms with Crippen LogP contribution in [0.5, 0.6) is 5.75 Å². The van der Waals surface area contributed by atoms with E-state index in [0.29, 0.717) is 16.8 Å². The lowest BCUT2D eigenvalue weighted by molar-refractivity contribution is 0.304. The Morgan fingerprint density at radius 3 is 2.60 bits per heavy atom. The van der Waals surface area contributed by atoms with Crippen LogP contribution in [0.4, 0.5) is 5.82 Å². The van der Waals surface area contributed by atoms with Gasteiger partial charge in [0.1, 0.15) is 16.7 Å². The van der Waals surface area contributed by atoms with Crippen LogP contribution in [0.2, 0.25) is 5.15 Å². The second-order valence-electron chi connectivity index (χ2n) is 5.82. The Labute approximate surface area is 154 Å². The molecular weight excluding hydrogens is 336 g/mol. The van der Waals surface area contributed by atoms with Gasteiger partial charge in [-0.2, -0.15) is 5.10 Å². The molecule has 0 bridgehead atoms. The van der Waals surface area contributed by atoms with Crippen molar-refractivity contribution in [2.24, 2.45) is 5.10 Å². The average Bonchev–Trinajstić information content (AvgIpc) is 2.58. The first kappa shape index (κ1) is 19.2. The van der Waals surface area contributed by atoms with Crippen molar-refractivity contribution in [3.63, 3.8) is 0 Å². The summed E-state index contributed by atoms with van der Waals surface area (Å²) in [7, 11) is 0. The Balaban J connectivity index is 1.75. The summed E-state index contributed by atoms with van der Waals surface area (Å²) in [4.78, 5) is 8.20. The zero-order valence-corrected chi connectivity index (χ0v) is 15.6. The van der Waals surface area contributed by atoms with Gasteiger partial charge in [-0.15, -0.1) is 0 Å². The van der Waals surface area contributed by atoms with Crippen LogP contribution in [0, 0.1) is 6.92 Å². The minimum Gasteiger partial charge on any atom is -0.494 e. The molecule has 0 saturated carbocycles. The quantitative estimate of drug-likeness (QED) is 0.272. The molecule has 134 valence electrons. The number of anilines is 1. The number of benzene rings is 1. The van der Waals surface area contributed by atoms with Crippen molar-refractivity contribution in [1.82, 2.24) is 9.97 Å². The number of unbranched alkanes of at least 4 members (excludes halogenated alkanes) is 4. The molecule has 1 heterocycles. The maximum atomic E-state index is 5.88. The molecule has 2 rings (SSSR count). The molecule has 1 N–H and O–H groups in total. The van der Waals surface area contributed by atoms with E-state index in [1.807, 2.05) is 24.3 Å². The van der Waals surface area contributed by atoms with Crippen LogP contribution in [-0.2, 0) is 0 Å². The highest BCUT2D eigenvalue weighted by Gasteiger charge is 1.98. The van der Waals surface area contributed by atoms with E-state index in [2.05, 4.69) is 27.4 Å². The van der Waals surface area contributed by atoms with Crippen molar-refractivity contribution in [3.05, 3.63) is 46.9 Å². The lowest BCUT2D eigenvalue weighted by atomic mass is 10.2. The summed E-state index contributed by atoms with van der Waals surface area (Å²) in [6, 6.07) is 9.48. The van der Waals surface area contributed by atoms with Gasteiger partial charge in [-0.05, 0) is 43.2 Å². The third-order valence-corrected chi connectivity index (χ3v) is 3.79. The summed E-state index contributed by atoms with van der Waals surface area (Å²) >= 11 is 5.88. The summed E-state index contributed by atoms with van der Waals surface area (Å²) in [5.41, 5.74) is 3.82. The fraction of sp³-hybridized carbons (Fsp3) is 0.421. The molecule has 0 radical (unpaired) electrons. The van der Waals surface area contributed by atoms with Gasteiger partial charge in [0.2, 0.25) is 0 Å². The second kappa shape index (κ2) is 10.7. The molecule has 6 heteroatoms. The Bertz CT molecular complexity index is 653. The van der Waals surface area contributed by atoms with Crippen LogP contribution < -0.4 is 10.2 Å². The van der Waals surface area contributed by atoms with E-state index in [-0.39, 0.29) is 0 Å². The number of ether oxygens (including phenoxy) is 1. The molecule has 5 nitrogen and oxygen atoms in total. The topological polar surface area (TPSA) is 59.4 Å². The van der Waals surface area contributed by atoms with Crippen LogP contribution in [0.1, 0.15) is 50.4 Å². The highest BCUT2D eigenvalue weighted by Crippen LogP contribution is 2.13. The van der Waals surface area contributed by atoms with Crippen molar-refractivity contribution >= 4 is 23.6 Å². The maximum Gasteiger partial charge on any atom is 0.151 e. The van der Waals surface area contributed by atoms with Crippen LogP contribution in [0.25, 0.3) is 0 Å². The highest BCUT2D eigenvalue weighted by molar-refractivity contribution is 6.29. The molecule has 0 aliphatic heterocycles. The standard InChI is InChI=1S/C19H25ClN4O/c1-3-4-5-6-7-12-25-17-10-8-16(9-11-17)14-21-24-19-13-18(20)22-15(2)23-19/h8-11,13-14H,3-7,12H2,1-2H3,(H,22,23,24). The highest BCUT2D eigenvalue weighted by atomic mass is 35.5. The molecule has 0 fully saturated rings. The Kier molecular flexibility index (Phi) is 8.19. The number of halogens is 1. The zero-order valence-electron chi connectivity index (χ0n) is 14.8. The molecule has 0 saturated heterocycles. The van der Waals surface area contributed by atoms with Crippen molar-refractivity contribution in [3.8, 4) is 5.75 Å². The summed E-state index contributed by atoms with van der Waals surface area (Å²) in [6.07, 6.45) is 7.93. The fourth-order valence-corrected chi connectivity index (χ4v) is 2.53. The Morgan fingerprint density at radius 1 is 1.12 bits per heavy atom. The number of nitrogens with one attached hydrogen (secondary N) is 1. The first-order chi connectivity index (χ1) is 12.2. The average molecular weight is 361 g/mol. The van der Waals surface area contributed by atoms with E-state index in [4.69, 9.17) is 16.3 Å². The minimum atomic E-state index is 0.390. The first-order valence-corrected chi connectivity index (χ1v) is 9.08. The van der Waals surface area contributed by atoms with Gasteiger partial charge >= 0.3 is 0 Å². The van der Waals surface area contributed by atoms with E-state index < -0.39 is 0 Å². The van der Waals surface area contributed by atoms with Gasteiger partial charge in [-0.25, -0.2) is 9.97 Å². The smallest absolute Gasteiger partial charge is 0.151 e. The number of rotatable bonds is 10. The first-order valence-electron chi connectivity index (χ1n) is 8.70. The van der Waals surface area contributed by atoms with E-state index in [0.717, 1.165) is 24.3 Å². The fourth-order valence-electron chi connectivity index (χ4n) is 2.31. The van der Waals surface area contributed by atoms with Crippen LogP contribution in [0.15, 0.2) is 35.4 Å². The summed E-state index contributed by atoms with van der Waals surface area (Å²) in [5, 5.41) is 4.55. The maximum absolute atomic E-state index is 5.88. The molecular formula is C19H25ClN4O. The van der Waals surface area contributed by atoms with Gasteiger partial charge < -0.3 is 4.74 Å². The summed E-state index contributed by atoms with van der Waals surface area (Å²) < 4.78 is 5.75. The molecule has 0 aliphatic carbocycles. The predicted molar refractivity (Wildman–Crippen MR) is 104 cm³/mol. The Hall–Kier alpha value is -2.14. The molecule has 1 aromatic heterocycles. The predicted octanol–water partition coefficient (Wildman–Crippen LogP) is 5.23. The van der Waals surface area contributed by atoms with Gasteiger partial charge in [0.25, 0.3) is 0 Å². The lowest BCUT2D eigenvalue weighted by Crippen LogP contribution is -1.98. The van der Waals surface area contributed by atoms with Crippen molar-refractivity contribution in [1.29, 1.82) is 0 Å². The van der Waals surface area contributed by atoms with Gasteiger partial charge in [0, 0.05) is 6.07 Å². The number of nitrogens with zero attached hydrogens (tertiary/aromatic N) is 3. The SMILES string of the molecule is CCCCCCCOc1ccc(C=NNc2cc(Cl)nc(C)n2)cc1. The van der Waals surface area contributed by atoms with Gasteiger partial charge in [-0.3, -0.25) is 5.43 Å². The molecule has 1 aromatic carbocycles. The normalized spacial score (nSPS) is 11.0. The number of aryl methyl sites for hydroxylation is 1. The summed E-state index contributed by atoms with van der Waals surface area (Å²) in [5.74, 6) is 2.05. The molecule has 0 amide bonds. The Morgan fingerprint density at radius 2 is 1.88 bits per heavy atom. The van der Waals surface area contributed by atoms with E-state index >= 15 is 0 Å². The molecule has 25 heavy (non-hydrogen) atoms.